The van der Waals surface area contributed by atoms with E-state index < -0.39 is 5.91 Å². The Morgan fingerprint density at radius 3 is 2.27 bits per heavy atom. The maximum atomic E-state index is 11.7. The van der Waals surface area contributed by atoms with Gasteiger partial charge in [0, 0.05) is 12.6 Å². The van der Waals surface area contributed by atoms with Gasteiger partial charge in [0.15, 0.2) is 0 Å². The monoisotopic (exact) mass is 206 g/mol. The van der Waals surface area contributed by atoms with Gasteiger partial charge in [-0.25, -0.2) is 0 Å². The smallest absolute Gasteiger partial charge is 0.254 e. The minimum Gasteiger partial charge on any atom is -0.368 e. The molecule has 4 nitrogen and oxygen atoms in total. The van der Waals surface area contributed by atoms with Gasteiger partial charge in [-0.3, -0.25) is 9.59 Å². The lowest BCUT2D eigenvalue weighted by Crippen LogP contribution is -2.35. The number of hydrogen-bond acceptors (Lipinski definition) is 2. The lowest BCUT2D eigenvalue weighted by atomic mass is 10.1. The Labute approximate surface area is 88.7 Å². The molecule has 0 heterocycles. The van der Waals surface area contributed by atoms with Crippen LogP contribution in [0.2, 0.25) is 0 Å². The van der Waals surface area contributed by atoms with Gasteiger partial charge in [0.1, 0.15) is 0 Å². The van der Waals surface area contributed by atoms with Crippen LogP contribution in [0.25, 0.3) is 0 Å². The quantitative estimate of drug-likeness (QED) is 0.785. The standard InChI is InChI=1S/C11H14N2O2/c1-8-3-5-9(6-4-8)11(15)13(2)7-10(12)14/h3-6H,7H2,1-2H3,(H2,12,14). The van der Waals surface area contributed by atoms with Crippen LogP contribution in [-0.2, 0) is 4.79 Å². The Morgan fingerprint density at radius 2 is 1.80 bits per heavy atom. The molecule has 0 saturated heterocycles. The Hall–Kier alpha value is -1.84. The highest BCUT2D eigenvalue weighted by Crippen LogP contribution is 2.05. The first kappa shape index (κ1) is 11.2. The van der Waals surface area contributed by atoms with Crippen LogP contribution in [0.3, 0.4) is 0 Å². The molecule has 0 atom stereocenters. The van der Waals surface area contributed by atoms with Gasteiger partial charge in [0.05, 0.1) is 6.54 Å². The summed E-state index contributed by atoms with van der Waals surface area (Å²) in [4.78, 5) is 23.6. The van der Waals surface area contributed by atoms with Crippen LogP contribution in [-0.4, -0.2) is 30.3 Å². The van der Waals surface area contributed by atoms with E-state index in [4.69, 9.17) is 5.73 Å². The summed E-state index contributed by atoms with van der Waals surface area (Å²) in [5, 5.41) is 0. The molecule has 0 aliphatic rings. The zero-order chi connectivity index (χ0) is 11.4. The summed E-state index contributed by atoms with van der Waals surface area (Å²) in [6, 6.07) is 7.17. The van der Waals surface area contributed by atoms with Crippen molar-refractivity contribution < 1.29 is 9.59 Å². The lowest BCUT2D eigenvalue weighted by Gasteiger charge is -2.14. The zero-order valence-electron chi connectivity index (χ0n) is 8.86. The van der Waals surface area contributed by atoms with E-state index in [9.17, 15) is 9.59 Å². The fraction of sp³-hybridized carbons (Fsp3) is 0.273. The van der Waals surface area contributed by atoms with Crippen LogP contribution in [0.15, 0.2) is 24.3 Å². The SMILES string of the molecule is Cc1ccc(C(=O)N(C)CC(N)=O)cc1. The minimum absolute atomic E-state index is 0.0628. The largest absolute Gasteiger partial charge is 0.368 e. The Kier molecular flexibility index (Phi) is 3.44. The molecule has 0 aliphatic heterocycles. The maximum Gasteiger partial charge on any atom is 0.254 e. The number of aryl methyl sites for hydroxylation is 1. The molecule has 0 aliphatic carbocycles. The molecule has 15 heavy (non-hydrogen) atoms. The number of amides is 2. The molecular weight excluding hydrogens is 192 g/mol. The second-order valence-corrected chi connectivity index (χ2v) is 3.49. The number of nitrogens with two attached hydrogens (primary N) is 1. The van der Waals surface area contributed by atoms with Gasteiger partial charge in [0.25, 0.3) is 5.91 Å². The molecule has 0 fully saturated rings. The number of rotatable bonds is 3. The van der Waals surface area contributed by atoms with Crippen molar-refractivity contribution in [3.8, 4) is 0 Å². The molecule has 0 spiro atoms. The van der Waals surface area contributed by atoms with Crippen LogP contribution in [0.4, 0.5) is 0 Å². The fourth-order valence-electron chi connectivity index (χ4n) is 1.22. The maximum absolute atomic E-state index is 11.7. The van der Waals surface area contributed by atoms with Crippen molar-refractivity contribution in [2.45, 2.75) is 6.92 Å². The van der Waals surface area contributed by atoms with Crippen LogP contribution < -0.4 is 5.73 Å². The van der Waals surface area contributed by atoms with Gasteiger partial charge in [-0.2, -0.15) is 0 Å². The zero-order valence-corrected chi connectivity index (χ0v) is 8.86. The van der Waals surface area contributed by atoms with Crippen molar-refractivity contribution in [3.63, 3.8) is 0 Å². The highest BCUT2D eigenvalue weighted by atomic mass is 16.2. The molecule has 0 unspecified atom stereocenters. The van der Waals surface area contributed by atoms with Gasteiger partial charge in [-0.1, -0.05) is 17.7 Å². The molecule has 1 rings (SSSR count). The summed E-state index contributed by atoms with van der Waals surface area (Å²) < 4.78 is 0. The highest BCUT2D eigenvalue weighted by molar-refractivity contribution is 5.96. The Morgan fingerprint density at radius 1 is 1.27 bits per heavy atom. The summed E-state index contributed by atoms with van der Waals surface area (Å²) in [5.41, 5.74) is 6.65. The molecule has 0 saturated carbocycles. The van der Waals surface area contributed by atoms with E-state index in [-0.39, 0.29) is 12.5 Å². The van der Waals surface area contributed by atoms with Crippen molar-refractivity contribution in [2.75, 3.05) is 13.6 Å². The Balaban J connectivity index is 2.76. The predicted octanol–water partition coefficient (Wildman–Crippen LogP) is 0.552. The summed E-state index contributed by atoms with van der Waals surface area (Å²) in [7, 11) is 1.55. The third-order valence-corrected chi connectivity index (χ3v) is 2.04. The first-order chi connectivity index (χ1) is 7.00. The number of benzene rings is 1. The van der Waals surface area contributed by atoms with E-state index in [0.717, 1.165) is 5.56 Å². The third kappa shape index (κ3) is 3.09. The van der Waals surface area contributed by atoms with E-state index in [2.05, 4.69) is 0 Å². The second-order valence-electron chi connectivity index (χ2n) is 3.49. The molecule has 1 aromatic carbocycles. The summed E-state index contributed by atoms with van der Waals surface area (Å²) >= 11 is 0. The first-order valence-electron chi connectivity index (χ1n) is 4.61. The van der Waals surface area contributed by atoms with Crippen LogP contribution in [0.5, 0.6) is 0 Å². The van der Waals surface area contributed by atoms with Crippen molar-refractivity contribution in [1.82, 2.24) is 4.90 Å². The van der Waals surface area contributed by atoms with Crippen molar-refractivity contribution in [3.05, 3.63) is 35.4 Å². The summed E-state index contributed by atoms with van der Waals surface area (Å²) in [6.07, 6.45) is 0. The van der Waals surface area contributed by atoms with Gasteiger partial charge in [-0.15, -0.1) is 0 Å². The molecule has 1 aromatic rings. The van der Waals surface area contributed by atoms with Crippen molar-refractivity contribution in [2.24, 2.45) is 5.73 Å². The van der Waals surface area contributed by atoms with Gasteiger partial charge in [0.2, 0.25) is 5.91 Å². The molecule has 0 aromatic heterocycles. The van der Waals surface area contributed by atoms with Crippen LogP contribution in [0.1, 0.15) is 15.9 Å². The number of hydrogen-bond donors (Lipinski definition) is 1. The molecule has 0 bridgehead atoms. The average Bonchev–Trinajstić information content (AvgIpc) is 2.17. The number of carbonyl (C=O) groups is 2. The molecule has 2 amide bonds. The van der Waals surface area contributed by atoms with E-state index in [0.29, 0.717) is 5.56 Å². The number of carbonyl (C=O) groups excluding carboxylic acids is 2. The number of nitrogens with zero attached hydrogens (tertiary/aromatic N) is 1. The Bertz CT molecular complexity index is 371. The topological polar surface area (TPSA) is 63.4 Å². The average molecular weight is 206 g/mol. The lowest BCUT2D eigenvalue weighted by molar-refractivity contribution is -0.118. The van der Waals surface area contributed by atoms with Crippen molar-refractivity contribution >= 4 is 11.8 Å². The highest BCUT2D eigenvalue weighted by Gasteiger charge is 2.12. The first-order valence-corrected chi connectivity index (χ1v) is 4.61. The van der Waals surface area contributed by atoms with Gasteiger partial charge < -0.3 is 10.6 Å². The number of likely N-dealkylation sites (N-methyl/N-ethyl adjacent to an activating group) is 1. The van der Waals surface area contributed by atoms with E-state index in [1.807, 2.05) is 19.1 Å². The molecule has 4 heteroatoms. The van der Waals surface area contributed by atoms with E-state index in [1.165, 1.54) is 4.90 Å². The predicted molar refractivity (Wildman–Crippen MR) is 57.3 cm³/mol. The minimum atomic E-state index is -0.516. The van der Waals surface area contributed by atoms with E-state index >= 15 is 0 Å². The third-order valence-electron chi connectivity index (χ3n) is 2.04. The van der Waals surface area contributed by atoms with Gasteiger partial charge >= 0.3 is 0 Å². The molecular formula is C11H14N2O2. The summed E-state index contributed by atoms with van der Waals surface area (Å²) in [6.45, 7) is 1.88. The normalized spacial score (nSPS) is 9.73. The number of primary amides is 1. The second kappa shape index (κ2) is 4.59. The summed E-state index contributed by atoms with van der Waals surface area (Å²) in [5.74, 6) is -0.716. The fourth-order valence-corrected chi connectivity index (χ4v) is 1.22. The van der Waals surface area contributed by atoms with Crippen LogP contribution in [0, 0.1) is 6.92 Å². The van der Waals surface area contributed by atoms with Gasteiger partial charge in [-0.05, 0) is 19.1 Å². The molecule has 80 valence electrons. The molecule has 2 N–H and O–H groups in total. The van der Waals surface area contributed by atoms with E-state index in [1.54, 1.807) is 19.2 Å². The van der Waals surface area contributed by atoms with Crippen LogP contribution >= 0.6 is 0 Å². The molecule has 0 radical (unpaired) electrons. The van der Waals surface area contributed by atoms with Crippen molar-refractivity contribution in [1.29, 1.82) is 0 Å².